The lowest BCUT2D eigenvalue weighted by molar-refractivity contribution is 0.0523. The number of rotatable bonds is 3. The number of piperazine rings is 1. The zero-order valence-electron chi connectivity index (χ0n) is 24.8. The van der Waals surface area contributed by atoms with Crippen molar-refractivity contribution in [1.29, 1.82) is 0 Å². The van der Waals surface area contributed by atoms with Gasteiger partial charge in [-0.2, -0.15) is 9.97 Å². The Morgan fingerprint density at radius 1 is 1.11 bits per heavy atom. The van der Waals surface area contributed by atoms with Crippen molar-refractivity contribution in [3.63, 3.8) is 0 Å². The van der Waals surface area contributed by atoms with Crippen molar-refractivity contribution in [3.8, 4) is 23.0 Å². The second-order valence-electron chi connectivity index (χ2n) is 12.0. The first-order valence-electron chi connectivity index (χ1n) is 15.1. The highest BCUT2D eigenvalue weighted by Gasteiger charge is 2.38. The molecule has 4 aliphatic rings. The number of nitrogens with one attached hydrogen (secondary N) is 1. The third kappa shape index (κ3) is 4.94. The number of aromatic hydroxyl groups is 1. The summed E-state index contributed by atoms with van der Waals surface area (Å²) in [7, 11) is 2.93. The van der Waals surface area contributed by atoms with E-state index in [0.717, 1.165) is 18.4 Å². The molecule has 12 heteroatoms. The number of ether oxygens (including phenoxy) is 2. The average molecular weight is 607 g/mol. The number of alkyl halides is 1. The topological polar surface area (TPSA) is 105 Å². The number of phenols is 1. The molecule has 2 aromatic carbocycles. The molecule has 10 nitrogen and oxygen atoms in total. The predicted octanol–water partition coefficient (Wildman–Crippen LogP) is 3.37. The minimum absolute atomic E-state index is 0.0242. The van der Waals surface area contributed by atoms with E-state index < -0.39 is 17.5 Å². The number of hydrogen-bond acceptors (Lipinski definition) is 9. The summed E-state index contributed by atoms with van der Waals surface area (Å²) in [5, 5.41) is 15.2. The molecule has 232 valence electrons. The highest BCUT2D eigenvalue weighted by molar-refractivity contribution is 6.00. The molecule has 4 aliphatic heterocycles. The molecule has 0 amide bonds. The van der Waals surface area contributed by atoms with Gasteiger partial charge in [-0.05, 0) is 48.7 Å². The summed E-state index contributed by atoms with van der Waals surface area (Å²) in [5.74, 6) is -0.366. The van der Waals surface area contributed by atoms with Crippen LogP contribution in [0, 0.1) is 5.82 Å². The summed E-state index contributed by atoms with van der Waals surface area (Å²) in [6, 6.07) is 10.8. The van der Waals surface area contributed by atoms with Crippen LogP contribution in [0.25, 0.3) is 32.9 Å². The van der Waals surface area contributed by atoms with E-state index in [1.807, 2.05) is 29.2 Å². The van der Waals surface area contributed by atoms with E-state index in [0.29, 0.717) is 55.7 Å². The second kappa shape index (κ2) is 11.6. The molecule has 4 fully saturated rings. The molecule has 2 bridgehead atoms. The lowest BCUT2D eigenvalue weighted by atomic mass is 9.99. The van der Waals surface area contributed by atoms with E-state index in [1.165, 1.54) is 37.6 Å². The van der Waals surface area contributed by atoms with Gasteiger partial charge in [-0.1, -0.05) is 24.3 Å². The van der Waals surface area contributed by atoms with Crippen LogP contribution in [0.2, 0.25) is 0 Å². The van der Waals surface area contributed by atoms with Gasteiger partial charge in [0.25, 0.3) is 5.56 Å². The van der Waals surface area contributed by atoms with Crippen molar-refractivity contribution < 1.29 is 23.4 Å². The maximum absolute atomic E-state index is 16.4. The van der Waals surface area contributed by atoms with Gasteiger partial charge < -0.3 is 29.4 Å². The number of methoxy groups -OCH3 is 1. The van der Waals surface area contributed by atoms with Crippen LogP contribution in [0.15, 0.2) is 41.2 Å². The molecule has 2 N–H and O–H groups in total. The maximum Gasteiger partial charge on any atom is 0.318 e. The number of phenolic OH excluding ortho intramolecular Hbond substituents is 1. The van der Waals surface area contributed by atoms with Crippen LogP contribution >= 0.6 is 0 Å². The van der Waals surface area contributed by atoms with Gasteiger partial charge in [0.05, 0.1) is 38.1 Å². The zero-order valence-corrected chi connectivity index (χ0v) is 24.8. The molecule has 4 saturated heterocycles. The smallest absolute Gasteiger partial charge is 0.318 e. The average Bonchev–Trinajstić information content (AvgIpc) is 3.60. The lowest BCUT2D eigenvalue weighted by Crippen LogP contribution is -2.64. The summed E-state index contributed by atoms with van der Waals surface area (Å²) >= 11 is 0. The van der Waals surface area contributed by atoms with Crippen molar-refractivity contribution in [1.82, 2.24) is 24.8 Å². The Kier molecular flexibility index (Phi) is 7.59. The highest BCUT2D eigenvalue weighted by atomic mass is 19.1. The number of pyridine rings is 1. The second-order valence-corrected chi connectivity index (χ2v) is 12.0. The van der Waals surface area contributed by atoms with Gasteiger partial charge in [0.2, 0.25) is 0 Å². The van der Waals surface area contributed by atoms with Crippen LogP contribution < -0.4 is 20.5 Å². The normalized spacial score (nSPS) is 24.8. The van der Waals surface area contributed by atoms with Gasteiger partial charge in [-0.3, -0.25) is 9.69 Å². The van der Waals surface area contributed by atoms with Crippen molar-refractivity contribution in [2.45, 2.75) is 43.6 Å². The maximum atomic E-state index is 16.4. The predicted molar refractivity (Wildman–Crippen MR) is 164 cm³/mol. The van der Waals surface area contributed by atoms with Gasteiger partial charge in [0.1, 0.15) is 28.6 Å². The summed E-state index contributed by atoms with van der Waals surface area (Å²) < 4.78 is 41.3. The number of aromatic nitrogens is 3. The first kappa shape index (κ1) is 28.9. The molecule has 6 heterocycles. The largest absolute Gasteiger partial charge is 0.508 e. The molecular weight excluding hydrogens is 570 g/mol. The number of nitrogens with zero attached hydrogens (tertiary/aromatic N) is 5. The van der Waals surface area contributed by atoms with Crippen molar-refractivity contribution >= 4 is 27.5 Å². The fraction of sp³-hybridized carbons (Fsp3) is 0.469. The minimum atomic E-state index is -0.684. The standard InChI is InChI=1S/C25H24FN5O4.C7H12FN/c1-30-22(18-8-16(32)7-13-5-3-4-6-17(13)18)20(26)21-19(24(30)33)23(29-25(28-21)34-2)31-14-9-27-10-15(31)12-35-11-14;8-6-4-7-2-1-3-9(7)5-6/h3-8,14-15,27,32H,9-12H2,1-2H3;6-7H,1-5H2. The Labute approximate surface area is 253 Å². The first-order chi connectivity index (χ1) is 21.3. The van der Waals surface area contributed by atoms with Gasteiger partial charge in [0, 0.05) is 38.3 Å². The van der Waals surface area contributed by atoms with Crippen molar-refractivity contribution in [2.24, 2.45) is 7.05 Å². The monoisotopic (exact) mass is 606 g/mol. The molecule has 2 aromatic heterocycles. The molecule has 0 spiro atoms. The fourth-order valence-corrected chi connectivity index (χ4v) is 7.28. The summed E-state index contributed by atoms with van der Waals surface area (Å²) in [5.41, 5.74) is -0.120. The number of benzene rings is 2. The Morgan fingerprint density at radius 2 is 1.89 bits per heavy atom. The van der Waals surface area contributed by atoms with Crippen LogP contribution in [0.3, 0.4) is 0 Å². The Hall–Kier alpha value is -3.87. The molecule has 0 aliphatic carbocycles. The number of anilines is 1. The van der Waals surface area contributed by atoms with Crippen LogP contribution in [-0.2, 0) is 11.8 Å². The molecule has 8 rings (SSSR count). The molecule has 0 saturated carbocycles. The molecule has 4 atom stereocenters. The lowest BCUT2D eigenvalue weighted by Gasteiger charge is -2.46. The SMILES string of the molecule is COc1nc(N2C3CNCC2COC3)c2c(=O)n(C)c(-c3cc(O)cc4ccccc34)c(F)c2n1.FC1CC2CCCN2C1. The first-order valence-corrected chi connectivity index (χ1v) is 15.1. The van der Waals surface area contributed by atoms with Gasteiger partial charge in [0.15, 0.2) is 5.82 Å². The number of hydrogen-bond donors (Lipinski definition) is 2. The quantitative estimate of drug-likeness (QED) is 0.363. The Balaban J connectivity index is 0.000000296. The fourth-order valence-electron chi connectivity index (χ4n) is 7.28. The molecule has 44 heavy (non-hydrogen) atoms. The Bertz CT molecular complexity index is 1750. The molecular formula is C32H36F2N6O4. The van der Waals surface area contributed by atoms with Gasteiger partial charge in [-0.25, -0.2) is 8.78 Å². The van der Waals surface area contributed by atoms with Gasteiger partial charge >= 0.3 is 6.01 Å². The molecule has 4 aromatic rings. The third-order valence-electron chi connectivity index (χ3n) is 9.29. The van der Waals surface area contributed by atoms with Crippen LogP contribution in [0.5, 0.6) is 11.8 Å². The van der Waals surface area contributed by atoms with E-state index in [2.05, 4.69) is 20.2 Å². The van der Waals surface area contributed by atoms with Gasteiger partial charge in [-0.15, -0.1) is 0 Å². The minimum Gasteiger partial charge on any atom is -0.508 e. The van der Waals surface area contributed by atoms with E-state index in [-0.39, 0.29) is 40.4 Å². The summed E-state index contributed by atoms with van der Waals surface area (Å²) in [6.45, 7) is 4.09. The molecule has 4 unspecified atom stereocenters. The molecule has 0 radical (unpaired) electrons. The van der Waals surface area contributed by atoms with Crippen molar-refractivity contribution in [2.75, 3.05) is 51.4 Å². The van der Waals surface area contributed by atoms with Crippen molar-refractivity contribution in [3.05, 3.63) is 52.6 Å². The summed E-state index contributed by atoms with van der Waals surface area (Å²) in [4.78, 5) is 26.9. The van der Waals surface area contributed by atoms with Crippen LogP contribution in [-0.4, -0.2) is 95.3 Å². The summed E-state index contributed by atoms with van der Waals surface area (Å²) in [6.07, 6.45) is 2.81. The van der Waals surface area contributed by atoms with E-state index >= 15 is 4.39 Å². The third-order valence-corrected chi connectivity index (χ3v) is 9.29. The van der Waals surface area contributed by atoms with E-state index in [9.17, 15) is 14.3 Å². The van der Waals surface area contributed by atoms with E-state index in [1.54, 1.807) is 6.07 Å². The number of fused-ring (bicyclic) bond motifs is 5. The highest BCUT2D eigenvalue weighted by Crippen LogP contribution is 2.37. The van der Waals surface area contributed by atoms with Crippen LogP contribution in [0.1, 0.15) is 19.3 Å². The van der Waals surface area contributed by atoms with Crippen LogP contribution in [0.4, 0.5) is 14.6 Å². The van der Waals surface area contributed by atoms with E-state index in [4.69, 9.17) is 9.47 Å². The zero-order chi connectivity index (χ0) is 30.5. The number of halogens is 2. The Morgan fingerprint density at radius 3 is 2.64 bits per heavy atom. The number of morpholine rings is 1.